The summed E-state index contributed by atoms with van der Waals surface area (Å²) in [6, 6.07) is 1.53. The maximum absolute atomic E-state index is 11.4. The molecule has 0 unspecified atom stereocenters. The minimum atomic E-state index is -2.56. The highest BCUT2D eigenvalue weighted by atomic mass is 16.2. The van der Waals surface area contributed by atoms with Gasteiger partial charge in [0.15, 0.2) is 0 Å². The van der Waals surface area contributed by atoms with Gasteiger partial charge in [0, 0.05) is 23.5 Å². The van der Waals surface area contributed by atoms with Gasteiger partial charge in [-0.05, 0) is 6.07 Å². The number of hydrogen-bond acceptors (Lipinski definition) is 3. The molecule has 5 heteroatoms. The normalized spacial score (nSPS) is 15.8. The molecule has 0 aliphatic heterocycles. The second-order valence-electron chi connectivity index (χ2n) is 1.98. The lowest BCUT2D eigenvalue weighted by atomic mass is 10.7. The fraction of sp³-hybridized carbons (Fsp3) is 0.167. The third-order valence-corrected chi connectivity index (χ3v) is 1.30. The van der Waals surface area contributed by atoms with Crippen LogP contribution in [0.4, 0.5) is 0 Å². The summed E-state index contributed by atoms with van der Waals surface area (Å²) in [6.45, 7) is -2.56. The molecule has 0 saturated heterocycles. The topological polar surface area (TPSA) is 52.2 Å². The van der Waals surface area contributed by atoms with Crippen LogP contribution < -0.4 is 5.69 Å². The molecule has 11 heavy (non-hydrogen) atoms. The Bertz CT molecular complexity index is 526. The van der Waals surface area contributed by atoms with E-state index in [1.54, 1.807) is 0 Å². The molecule has 0 N–H and O–H groups in total. The van der Waals surface area contributed by atoms with Crippen LogP contribution in [0.15, 0.2) is 23.3 Å². The van der Waals surface area contributed by atoms with Crippen molar-refractivity contribution in [3.05, 3.63) is 28.9 Å². The van der Waals surface area contributed by atoms with E-state index >= 15 is 0 Å². The molecule has 2 aromatic rings. The van der Waals surface area contributed by atoms with Crippen LogP contribution in [0.2, 0.25) is 0 Å². The summed E-state index contributed by atoms with van der Waals surface area (Å²) >= 11 is 0. The van der Waals surface area contributed by atoms with Crippen LogP contribution in [0, 0.1) is 0 Å². The second-order valence-corrected chi connectivity index (χ2v) is 1.98. The quantitative estimate of drug-likeness (QED) is 0.509. The monoisotopic (exact) mass is 153 g/mol. The van der Waals surface area contributed by atoms with Crippen molar-refractivity contribution in [1.29, 1.82) is 0 Å². The molecule has 0 aliphatic rings. The van der Waals surface area contributed by atoms with Crippen molar-refractivity contribution in [2.75, 3.05) is 0 Å². The van der Waals surface area contributed by atoms with Gasteiger partial charge in [-0.25, -0.2) is 18.9 Å². The van der Waals surface area contributed by atoms with Crippen LogP contribution >= 0.6 is 0 Å². The van der Waals surface area contributed by atoms with Gasteiger partial charge in [-0.15, -0.1) is 5.10 Å². The van der Waals surface area contributed by atoms with Crippen molar-refractivity contribution in [1.82, 2.24) is 19.2 Å². The Morgan fingerprint density at radius 2 is 2.64 bits per heavy atom. The average Bonchev–Trinajstić information content (AvgIpc) is 2.44. The van der Waals surface area contributed by atoms with Crippen molar-refractivity contribution in [3.63, 3.8) is 0 Å². The third-order valence-electron chi connectivity index (χ3n) is 1.30. The van der Waals surface area contributed by atoms with Crippen molar-refractivity contribution in [2.45, 2.75) is 0 Å². The summed E-state index contributed by atoms with van der Waals surface area (Å²) in [5.41, 5.74) is -0.715. The largest absolute Gasteiger partial charge is 0.351 e. The van der Waals surface area contributed by atoms with Gasteiger partial charge in [0.05, 0.1) is 0 Å². The highest BCUT2D eigenvalue weighted by molar-refractivity contribution is 5.23. The molecule has 2 aromatic heterocycles. The zero-order chi connectivity index (χ0) is 10.3. The van der Waals surface area contributed by atoms with E-state index in [1.807, 2.05) is 0 Å². The maximum Gasteiger partial charge on any atom is 0.351 e. The first-order chi connectivity index (χ1) is 6.50. The molecule has 0 aromatic carbocycles. The zero-order valence-corrected chi connectivity index (χ0v) is 5.43. The Morgan fingerprint density at radius 3 is 3.36 bits per heavy atom. The molecule has 0 saturated carbocycles. The molecular formula is C6H6N4O. The highest BCUT2D eigenvalue weighted by Crippen LogP contribution is 1.87. The Balaban J connectivity index is 2.82. The van der Waals surface area contributed by atoms with Crippen molar-refractivity contribution in [3.8, 4) is 0 Å². The summed E-state index contributed by atoms with van der Waals surface area (Å²) in [6.07, 6.45) is 2.85. The Morgan fingerprint density at radius 1 is 1.73 bits per heavy atom. The number of fused-ring (bicyclic) bond motifs is 1. The van der Waals surface area contributed by atoms with Gasteiger partial charge >= 0.3 is 5.69 Å². The van der Waals surface area contributed by atoms with Crippen LogP contribution in [0.1, 0.15) is 4.11 Å². The van der Waals surface area contributed by atoms with Gasteiger partial charge in [-0.2, -0.15) is 0 Å². The molecule has 0 spiro atoms. The molecular weight excluding hydrogens is 144 g/mol. The molecule has 0 fully saturated rings. The highest BCUT2D eigenvalue weighted by Gasteiger charge is 2.00. The van der Waals surface area contributed by atoms with Gasteiger partial charge in [0.25, 0.3) is 5.78 Å². The van der Waals surface area contributed by atoms with E-state index in [0.29, 0.717) is 4.68 Å². The smallest absolute Gasteiger partial charge is 0.246 e. The molecule has 2 heterocycles. The van der Waals surface area contributed by atoms with Crippen LogP contribution in [0.3, 0.4) is 0 Å². The van der Waals surface area contributed by atoms with E-state index in [2.05, 4.69) is 10.1 Å². The van der Waals surface area contributed by atoms with Crippen LogP contribution in [0.5, 0.6) is 0 Å². The van der Waals surface area contributed by atoms with Crippen molar-refractivity contribution < 1.29 is 4.11 Å². The number of nitrogens with zero attached hydrogens (tertiary/aromatic N) is 4. The summed E-state index contributed by atoms with van der Waals surface area (Å²) in [5, 5.41) is 3.58. The second kappa shape index (κ2) is 1.91. The Kier molecular flexibility index (Phi) is 0.637. The van der Waals surface area contributed by atoms with Crippen LogP contribution in [0.25, 0.3) is 5.78 Å². The van der Waals surface area contributed by atoms with E-state index in [4.69, 9.17) is 4.11 Å². The number of aromatic nitrogens is 4. The third kappa shape index (κ3) is 0.739. The van der Waals surface area contributed by atoms with E-state index in [0.717, 1.165) is 4.40 Å². The average molecular weight is 153 g/mol. The standard InChI is InChI=1S/C6H6N4O/c1-9-6(11)10-4-2-3-7-5(10)8-9/h2-4H,1H3/i1D3. The van der Waals surface area contributed by atoms with E-state index < -0.39 is 12.7 Å². The van der Waals surface area contributed by atoms with Gasteiger partial charge in [-0.3, -0.25) is 0 Å². The summed E-state index contributed by atoms with van der Waals surface area (Å²) < 4.78 is 22.6. The summed E-state index contributed by atoms with van der Waals surface area (Å²) in [7, 11) is 0. The van der Waals surface area contributed by atoms with Crippen molar-refractivity contribution in [2.24, 2.45) is 6.98 Å². The lowest BCUT2D eigenvalue weighted by Crippen LogP contribution is -2.17. The lowest BCUT2D eigenvalue weighted by Gasteiger charge is -1.83. The molecule has 0 radical (unpaired) electrons. The predicted molar refractivity (Wildman–Crippen MR) is 38.2 cm³/mol. The maximum atomic E-state index is 11.4. The van der Waals surface area contributed by atoms with Gasteiger partial charge in [0.1, 0.15) is 0 Å². The first kappa shape index (κ1) is 3.66. The molecule has 0 bridgehead atoms. The molecule has 0 aliphatic carbocycles. The van der Waals surface area contributed by atoms with E-state index in [1.165, 1.54) is 18.5 Å². The number of rotatable bonds is 0. The summed E-state index contributed by atoms with van der Waals surface area (Å²) in [5.74, 6) is 0.0774. The van der Waals surface area contributed by atoms with Crippen LogP contribution in [-0.2, 0) is 6.98 Å². The molecule has 0 amide bonds. The zero-order valence-electron chi connectivity index (χ0n) is 8.43. The first-order valence-corrected chi connectivity index (χ1v) is 2.93. The van der Waals surface area contributed by atoms with Gasteiger partial charge < -0.3 is 0 Å². The minimum absolute atomic E-state index is 0.0774. The Hall–Kier alpha value is -1.65. The molecule has 0 atom stereocenters. The van der Waals surface area contributed by atoms with Crippen molar-refractivity contribution >= 4 is 5.78 Å². The molecule has 56 valence electrons. The summed E-state index contributed by atoms with van der Waals surface area (Å²) in [4.78, 5) is 15.2. The molecule has 2 rings (SSSR count). The number of hydrogen-bond donors (Lipinski definition) is 0. The lowest BCUT2D eigenvalue weighted by molar-refractivity contribution is 0.732. The van der Waals surface area contributed by atoms with E-state index in [-0.39, 0.29) is 5.78 Å². The fourth-order valence-electron chi connectivity index (χ4n) is 0.821. The minimum Gasteiger partial charge on any atom is -0.246 e. The molecule has 5 nitrogen and oxygen atoms in total. The SMILES string of the molecule is [2H]C([2H])([2H])n1nc2ncccn2c1=O. The predicted octanol–water partition coefficient (Wildman–Crippen LogP) is -0.572. The van der Waals surface area contributed by atoms with Crippen LogP contribution in [-0.4, -0.2) is 19.2 Å². The first-order valence-electron chi connectivity index (χ1n) is 4.43. The van der Waals surface area contributed by atoms with E-state index in [9.17, 15) is 4.79 Å². The van der Waals surface area contributed by atoms with Gasteiger partial charge in [0.2, 0.25) is 0 Å². The Labute approximate surface area is 66.1 Å². The fourth-order valence-corrected chi connectivity index (χ4v) is 0.821. The number of aryl methyl sites for hydroxylation is 1. The van der Waals surface area contributed by atoms with Gasteiger partial charge in [-0.1, -0.05) is 0 Å².